The molecule has 1 heterocycles. The highest BCUT2D eigenvalue weighted by Gasteiger charge is 2.41. The van der Waals surface area contributed by atoms with Crippen molar-refractivity contribution in [2.24, 2.45) is 5.41 Å². The van der Waals surface area contributed by atoms with Crippen molar-refractivity contribution in [2.75, 3.05) is 19.9 Å². The smallest absolute Gasteiger partial charge is 0.211 e. The van der Waals surface area contributed by atoms with Crippen LogP contribution >= 0.6 is 0 Å². The van der Waals surface area contributed by atoms with Gasteiger partial charge < -0.3 is 4.74 Å². The lowest BCUT2D eigenvalue weighted by Gasteiger charge is -2.43. The standard InChI is InChI=1S/C16H32N4O3S/c1-12(2)23-9-13(20(7)24(8,21)22)15(3,4)10-16(5,6)14-17-11-18-19-14/h11-13H,9-10H2,1-8H3,(H,17,18,19). The van der Waals surface area contributed by atoms with Crippen molar-refractivity contribution in [2.45, 2.75) is 65.5 Å². The molecule has 1 unspecified atom stereocenters. The molecule has 0 fully saturated rings. The number of aromatic nitrogens is 3. The second kappa shape index (κ2) is 7.49. The van der Waals surface area contributed by atoms with Crippen LogP contribution in [0.25, 0.3) is 0 Å². The number of aromatic amines is 1. The van der Waals surface area contributed by atoms with Gasteiger partial charge in [0.2, 0.25) is 10.0 Å². The summed E-state index contributed by atoms with van der Waals surface area (Å²) in [5.41, 5.74) is -0.600. The number of sulfonamides is 1. The highest BCUT2D eigenvalue weighted by molar-refractivity contribution is 7.88. The Labute approximate surface area is 146 Å². The minimum absolute atomic E-state index is 0.0403. The van der Waals surface area contributed by atoms with Crippen LogP contribution in [-0.4, -0.2) is 60.0 Å². The first-order valence-corrected chi connectivity index (χ1v) is 10.0. The largest absolute Gasteiger partial charge is 0.377 e. The third-order valence-corrected chi connectivity index (χ3v) is 5.71. The van der Waals surface area contributed by atoms with E-state index >= 15 is 0 Å². The third kappa shape index (κ3) is 5.53. The molecule has 0 amide bonds. The molecule has 7 nitrogen and oxygen atoms in total. The van der Waals surface area contributed by atoms with Gasteiger partial charge in [0, 0.05) is 12.5 Å². The van der Waals surface area contributed by atoms with E-state index in [1.54, 1.807) is 7.05 Å². The molecule has 1 N–H and O–H groups in total. The van der Waals surface area contributed by atoms with Crippen LogP contribution in [-0.2, 0) is 20.2 Å². The molecular formula is C16H32N4O3S. The highest BCUT2D eigenvalue weighted by atomic mass is 32.2. The first-order chi connectivity index (χ1) is 10.8. The predicted octanol–water partition coefficient (Wildman–Crippen LogP) is 2.18. The number of ether oxygens (including phenoxy) is 1. The van der Waals surface area contributed by atoms with E-state index in [2.05, 4.69) is 42.9 Å². The number of nitrogens with zero attached hydrogens (tertiary/aromatic N) is 3. The minimum atomic E-state index is -3.32. The molecule has 1 aromatic rings. The Kier molecular flexibility index (Phi) is 6.57. The zero-order valence-corrected chi connectivity index (χ0v) is 16.9. The maximum absolute atomic E-state index is 12.1. The first-order valence-electron chi connectivity index (χ1n) is 8.18. The molecule has 140 valence electrons. The topological polar surface area (TPSA) is 88.2 Å². The Hall–Kier alpha value is -0.990. The van der Waals surface area contributed by atoms with Gasteiger partial charge in [-0.05, 0) is 25.7 Å². The van der Waals surface area contributed by atoms with Gasteiger partial charge in [0.15, 0.2) is 0 Å². The van der Waals surface area contributed by atoms with Gasteiger partial charge in [0.25, 0.3) is 0 Å². The van der Waals surface area contributed by atoms with E-state index in [4.69, 9.17) is 4.74 Å². The van der Waals surface area contributed by atoms with Gasteiger partial charge in [0.05, 0.1) is 25.0 Å². The average molecular weight is 361 g/mol. The summed E-state index contributed by atoms with van der Waals surface area (Å²) in [5, 5.41) is 6.85. The van der Waals surface area contributed by atoms with Gasteiger partial charge in [0.1, 0.15) is 12.2 Å². The summed E-state index contributed by atoms with van der Waals surface area (Å²) in [4.78, 5) is 4.27. The fraction of sp³-hybridized carbons (Fsp3) is 0.875. The van der Waals surface area contributed by atoms with Gasteiger partial charge >= 0.3 is 0 Å². The molecule has 0 saturated heterocycles. The van der Waals surface area contributed by atoms with Crippen molar-refractivity contribution < 1.29 is 13.2 Å². The van der Waals surface area contributed by atoms with Crippen LogP contribution in [0.15, 0.2) is 6.33 Å². The minimum Gasteiger partial charge on any atom is -0.377 e. The number of hydrogen-bond acceptors (Lipinski definition) is 5. The Bertz CT molecular complexity index is 609. The Balaban J connectivity index is 3.09. The van der Waals surface area contributed by atoms with Crippen LogP contribution in [0.5, 0.6) is 0 Å². The molecule has 24 heavy (non-hydrogen) atoms. The van der Waals surface area contributed by atoms with Crippen molar-refractivity contribution in [1.82, 2.24) is 19.5 Å². The number of nitrogens with one attached hydrogen (secondary N) is 1. The predicted molar refractivity (Wildman–Crippen MR) is 95.3 cm³/mol. The van der Waals surface area contributed by atoms with Crippen molar-refractivity contribution in [3.63, 3.8) is 0 Å². The van der Waals surface area contributed by atoms with E-state index in [0.717, 1.165) is 12.2 Å². The third-order valence-electron chi connectivity index (χ3n) is 4.41. The van der Waals surface area contributed by atoms with Crippen LogP contribution in [0, 0.1) is 5.41 Å². The maximum Gasteiger partial charge on any atom is 0.211 e. The number of hydrogen-bond donors (Lipinski definition) is 1. The Morgan fingerprint density at radius 1 is 1.29 bits per heavy atom. The molecule has 0 aliphatic heterocycles. The summed E-state index contributed by atoms with van der Waals surface area (Å²) in [7, 11) is -1.71. The van der Waals surface area contributed by atoms with Crippen LogP contribution in [0.3, 0.4) is 0 Å². The van der Waals surface area contributed by atoms with Gasteiger partial charge in [-0.2, -0.15) is 9.40 Å². The molecule has 0 aliphatic carbocycles. The second-order valence-electron chi connectivity index (χ2n) is 8.06. The van der Waals surface area contributed by atoms with Crippen molar-refractivity contribution in [1.29, 1.82) is 0 Å². The van der Waals surface area contributed by atoms with E-state index in [9.17, 15) is 8.42 Å². The zero-order valence-electron chi connectivity index (χ0n) is 16.1. The normalized spacial score (nSPS) is 15.2. The van der Waals surface area contributed by atoms with Crippen molar-refractivity contribution in [3.8, 4) is 0 Å². The number of likely N-dealkylation sites (N-methyl/N-ethyl adjacent to an activating group) is 1. The summed E-state index contributed by atoms with van der Waals surface area (Å²) in [6.45, 7) is 12.5. The van der Waals surface area contributed by atoms with E-state index < -0.39 is 10.0 Å². The van der Waals surface area contributed by atoms with Gasteiger partial charge in [-0.3, -0.25) is 5.10 Å². The maximum atomic E-state index is 12.1. The molecule has 0 aromatic carbocycles. The number of H-pyrrole nitrogens is 1. The summed E-state index contributed by atoms with van der Waals surface area (Å²) in [6.07, 6.45) is 3.49. The van der Waals surface area contributed by atoms with E-state index in [1.807, 2.05) is 13.8 Å². The molecule has 0 aliphatic rings. The van der Waals surface area contributed by atoms with Gasteiger partial charge in [-0.25, -0.2) is 13.4 Å². The lowest BCUT2D eigenvalue weighted by molar-refractivity contribution is 0.00413. The van der Waals surface area contributed by atoms with Crippen LogP contribution in [0.4, 0.5) is 0 Å². The lowest BCUT2D eigenvalue weighted by atomic mass is 9.71. The molecule has 0 bridgehead atoms. The van der Waals surface area contributed by atoms with Gasteiger partial charge in [-0.15, -0.1) is 0 Å². The molecule has 1 rings (SSSR count). The lowest BCUT2D eigenvalue weighted by Crippen LogP contribution is -2.50. The van der Waals surface area contributed by atoms with Crippen LogP contribution in [0.2, 0.25) is 0 Å². The Morgan fingerprint density at radius 2 is 1.88 bits per heavy atom. The van der Waals surface area contributed by atoms with Gasteiger partial charge in [-0.1, -0.05) is 27.7 Å². The number of rotatable bonds is 9. The summed E-state index contributed by atoms with van der Waals surface area (Å²) in [6, 6.07) is -0.280. The molecule has 0 saturated carbocycles. The molecule has 0 radical (unpaired) electrons. The monoisotopic (exact) mass is 360 g/mol. The molecule has 8 heteroatoms. The summed E-state index contributed by atoms with van der Waals surface area (Å²) < 4.78 is 31.4. The highest BCUT2D eigenvalue weighted by Crippen LogP contribution is 2.39. The SMILES string of the molecule is CC(C)OCC(N(C)S(C)(=O)=O)C(C)(C)CC(C)(C)c1ncn[nH]1. The molecule has 0 spiro atoms. The molecule has 1 atom stereocenters. The molecule has 1 aromatic heterocycles. The average Bonchev–Trinajstić information content (AvgIpc) is 2.89. The van der Waals surface area contributed by atoms with Crippen molar-refractivity contribution in [3.05, 3.63) is 12.2 Å². The van der Waals surface area contributed by atoms with E-state index in [1.165, 1.54) is 16.9 Å². The van der Waals surface area contributed by atoms with Crippen LogP contribution in [0.1, 0.15) is 53.8 Å². The summed E-state index contributed by atoms with van der Waals surface area (Å²) in [5.74, 6) is 0.793. The summed E-state index contributed by atoms with van der Waals surface area (Å²) >= 11 is 0. The fourth-order valence-corrected chi connectivity index (χ4v) is 4.02. The van der Waals surface area contributed by atoms with E-state index in [0.29, 0.717) is 6.61 Å². The first kappa shape index (κ1) is 21.1. The Morgan fingerprint density at radius 3 is 2.29 bits per heavy atom. The zero-order chi connectivity index (χ0) is 18.8. The molecular weight excluding hydrogens is 328 g/mol. The van der Waals surface area contributed by atoms with E-state index in [-0.39, 0.29) is 23.0 Å². The quantitative estimate of drug-likeness (QED) is 0.729. The van der Waals surface area contributed by atoms with Crippen LogP contribution < -0.4 is 0 Å². The van der Waals surface area contributed by atoms with Crippen molar-refractivity contribution >= 4 is 10.0 Å². The second-order valence-corrected chi connectivity index (χ2v) is 10.1. The fourth-order valence-electron chi connectivity index (χ4n) is 3.21.